The predicted molar refractivity (Wildman–Crippen MR) is 92.1 cm³/mol. The van der Waals surface area contributed by atoms with Gasteiger partial charge in [-0.1, -0.05) is 36.4 Å². The van der Waals surface area contributed by atoms with Crippen LogP contribution in [0.3, 0.4) is 0 Å². The highest BCUT2D eigenvalue weighted by Crippen LogP contribution is 2.37. The molecule has 3 heteroatoms. The van der Waals surface area contributed by atoms with Crippen LogP contribution in [-0.4, -0.2) is 22.5 Å². The Hall–Kier alpha value is -1.32. The van der Waals surface area contributed by atoms with Gasteiger partial charge in [0, 0.05) is 12.4 Å². The molecule has 0 aliphatic carbocycles. The summed E-state index contributed by atoms with van der Waals surface area (Å²) in [5.74, 6) is 1.10. The normalized spacial score (nSPS) is 22.3. The molecule has 0 saturated carbocycles. The van der Waals surface area contributed by atoms with E-state index in [9.17, 15) is 0 Å². The number of benzene rings is 2. The van der Waals surface area contributed by atoms with E-state index in [4.69, 9.17) is 10.1 Å². The fraction of sp³-hybridized carbons (Fsp3) is 0.389. The van der Waals surface area contributed by atoms with Crippen LogP contribution in [0, 0.1) is 0 Å². The molecule has 0 saturated heterocycles. The molecule has 2 nitrogen and oxygen atoms in total. The number of aliphatic hydroxyl groups excluding tert-OH is 1. The molecular formula is C18H21NOS. The van der Waals surface area contributed by atoms with E-state index in [0.29, 0.717) is 0 Å². The van der Waals surface area contributed by atoms with Crippen molar-refractivity contribution >= 4 is 27.6 Å². The largest absolute Gasteiger partial charge is 0.396 e. The third-order valence-electron chi connectivity index (χ3n) is 4.15. The van der Waals surface area contributed by atoms with Crippen molar-refractivity contribution in [3.63, 3.8) is 0 Å². The van der Waals surface area contributed by atoms with E-state index in [1.165, 1.54) is 21.4 Å². The molecule has 21 heavy (non-hydrogen) atoms. The summed E-state index contributed by atoms with van der Waals surface area (Å²) in [6, 6.07) is 15.2. The molecule has 3 rings (SSSR count). The van der Waals surface area contributed by atoms with Crippen LogP contribution in [0.4, 0.5) is 0 Å². The van der Waals surface area contributed by atoms with Gasteiger partial charge in [0.05, 0.1) is 10.6 Å². The average Bonchev–Trinajstić information content (AvgIpc) is 2.52. The van der Waals surface area contributed by atoms with Crippen LogP contribution >= 0.6 is 11.8 Å². The number of aliphatic hydroxyl groups is 1. The molecule has 1 heterocycles. The van der Waals surface area contributed by atoms with Gasteiger partial charge in [0.15, 0.2) is 0 Å². The summed E-state index contributed by atoms with van der Waals surface area (Å²) in [6.45, 7) is 2.47. The Morgan fingerprint density at radius 1 is 1.19 bits per heavy atom. The van der Waals surface area contributed by atoms with Crippen LogP contribution in [0.2, 0.25) is 0 Å². The van der Waals surface area contributed by atoms with Gasteiger partial charge in [-0.15, -0.1) is 11.8 Å². The van der Waals surface area contributed by atoms with Crippen molar-refractivity contribution in [2.24, 2.45) is 4.99 Å². The van der Waals surface area contributed by atoms with Crippen molar-refractivity contribution in [2.45, 2.75) is 31.7 Å². The maximum absolute atomic E-state index is 9.00. The molecule has 2 aromatic carbocycles. The Labute approximate surface area is 130 Å². The van der Waals surface area contributed by atoms with Crippen molar-refractivity contribution in [3.05, 3.63) is 48.0 Å². The van der Waals surface area contributed by atoms with Gasteiger partial charge in [0.25, 0.3) is 0 Å². The lowest BCUT2D eigenvalue weighted by Gasteiger charge is -2.31. The van der Waals surface area contributed by atoms with E-state index < -0.39 is 0 Å². The van der Waals surface area contributed by atoms with E-state index in [1.807, 2.05) is 11.8 Å². The second kappa shape index (κ2) is 6.20. The van der Waals surface area contributed by atoms with Crippen LogP contribution in [0.15, 0.2) is 47.5 Å². The molecule has 1 aliphatic heterocycles. The lowest BCUT2D eigenvalue weighted by molar-refractivity contribution is 0.291. The first-order valence-electron chi connectivity index (χ1n) is 7.53. The van der Waals surface area contributed by atoms with Crippen LogP contribution in [0.25, 0.3) is 10.8 Å². The molecule has 110 valence electrons. The van der Waals surface area contributed by atoms with Crippen molar-refractivity contribution in [3.8, 4) is 0 Å². The van der Waals surface area contributed by atoms with Gasteiger partial charge in [-0.25, -0.2) is 0 Å². The molecule has 1 aliphatic rings. The number of hydrogen-bond acceptors (Lipinski definition) is 3. The fourth-order valence-corrected chi connectivity index (χ4v) is 4.11. The summed E-state index contributed by atoms with van der Waals surface area (Å²) in [5.41, 5.74) is 1.17. The molecule has 1 unspecified atom stereocenters. The first-order valence-corrected chi connectivity index (χ1v) is 8.51. The summed E-state index contributed by atoms with van der Waals surface area (Å²) in [6.07, 6.45) is 2.77. The molecule has 0 amide bonds. The first kappa shape index (κ1) is 14.6. The van der Waals surface area contributed by atoms with Gasteiger partial charge >= 0.3 is 0 Å². The van der Waals surface area contributed by atoms with E-state index in [0.717, 1.165) is 25.0 Å². The van der Waals surface area contributed by atoms with Gasteiger partial charge in [-0.2, -0.15) is 0 Å². The smallest absolute Gasteiger partial charge is 0.0846 e. The SMILES string of the molecule is CC1(c2ccc3ccccc3c2)CCSC(CCCO)=N1. The molecule has 0 fully saturated rings. The zero-order chi connectivity index (χ0) is 14.7. The van der Waals surface area contributed by atoms with Crippen molar-refractivity contribution in [1.29, 1.82) is 0 Å². The Morgan fingerprint density at radius 3 is 2.81 bits per heavy atom. The molecule has 0 bridgehead atoms. The van der Waals surface area contributed by atoms with Crippen LogP contribution in [0.5, 0.6) is 0 Å². The summed E-state index contributed by atoms with van der Waals surface area (Å²) in [4.78, 5) is 5.00. The second-order valence-electron chi connectivity index (χ2n) is 5.77. The highest BCUT2D eigenvalue weighted by atomic mass is 32.2. The number of fused-ring (bicyclic) bond motifs is 1. The fourth-order valence-electron chi connectivity index (χ4n) is 2.82. The summed E-state index contributed by atoms with van der Waals surface area (Å²) < 4.78 is 0. The minimum Gasteiger partial charge on any atom is -0.396 e. The molecule has 0 radical (unpaired) electrons. The van der Waals surface area contributed by atoms with Gasteiger partial charge < -0.3 is 5.11 Å². The molecule has 0 aromatic heterocycles. The number of nitrogens with zero attached hydrogens (tertiary/aromatic N) is 1. The molecule has 2 aromatic rings. The molecule has 0 spiro atoms. The van der Waals surface area contributed by atoms with Gasteiger partial charge in [0.2, 0.25) is 0 Å². The van der Waals surface area contributed by atoms with Gasteiger partial charge in [-0.05, 0) is 48.6 Å². The Kier molecular flexibility index (Phi) is 4.32. The van der Waals surface area contributed by atoms with E-state index in [1.54, 1.807) is 0 Å². The molecule has 1 atom stereocenters. The molecular weight excluding hydrogens is 278 g/mol. The monoisotopic (exact) mass is 299 g/mol. The number of hydrogen-bond donors (Lipinski definition) is 1. The average molecular weight is 299 g/mol. The lowest BCUT2D eigenvalue weighted by atomic mass is 9.88. The number of aliphatic imine (C=N–C) groups is 1. The van der Waals surface area contributed by atoms with E-state index >= 15 is 0 Å². The maximum Gasteiger partial charge on any atom is 0.0846 e. The second-order valence-corrected chi connectivity index (χ2v) is 6.94. The van der Waals surface area contributed by atoms with Crippen LogP contribution in [0.1, 0.15) is 31.7 Å². The topological polar surface area (TPSA) is 32.6 Å². The van der Waals surface area contributed by atoms with Crippen LogP contribution < -0.4 is 0 Å². The van der Waals surface area contributed by atoms with Gasteiger partial charge in [-0.3, -0.25) is 4.99 Å². The minimum atomic E-state index is -0.125. The third kappa shape index (κ3) is 3.14. The van der Waals surface area contributed by atoms with E-state index in [2.05, 4.69) is 49.4 Å². The Morgan fingerprint density at radius 2 is 2.00 bits per heavy atom. The lowest BCUT2D eigenvalue weighted by Crippen LogP contribution is -2.25. The molecule has 1 N–H and O–H groups in total. The van der Waals surface area contributed by atoms with Crippen molar-refractivity contribution in [2.75, 3.05) is 12.4 Å². The zero-order valence-corrected chi connectivity index (χ0v) is 13.2. The van der Waals surface area contributed by atoms with Crippen LogP contribution in [-0.2, 0) is 5.54 Å². The summed E-state index contributed by atoms with van der Waals surface area (Å²) in [5, 5.41) is 12.7. The predicted octanol–water partition coefficient (Wildman–Crippen LogP) is 4.36. The number of thioether (sulfide) groups is 1. The highest BCUT2D eigenvalue weighted by molar-refractivity contribution is 8.14. The quantitative estimate of drug-likeness (QED) is 0.909. The van der Waals surface area contributed by atoms with E-state index in [-0.39, 0.29) is 12.1 Å². The third-order valence-corrected chi connectivity index (χ3v) is 5.19. The van der Waals surface area contributed by atoms with Gasteiger partial charge in [0.1, 0.15) is 0 Å². The standard InChI is InChI=1S/C18H21NOS/c1-18(10-12-21-17(19-18)7-4-11-20)16-9-8-14-5-2-3-6-15(14)13-16/h2-3,5-6,8-9,13,20H,4,7,10-12H2,1H3. The minimum absolute atomic E-state index is 0.125. The summed E-state index contributed by atoms with van der Waals surface area (Å²) in [7, 11) is 0. The first-order chi connectivity index (χ1) is 10.2. The summed E-state index contributed by atoms with van der Waals surface area (Å²) >= 11 is 1.84. The van der Waals surface area contributed by atoms with Crippen molar-refractivity contribution < 1.29 is 5.11 Å². The Bertz CT molecular complexity index is 667. The Balaban J connectivity index is 1.95. The zero-order valence-electron chi connectivity index (χ0n) is 12.4. The highest BCUT2D eigenvalue weighted by Gasteiger charge is 2.29. The maximum atomic E-state index is 9.00. The van der Waals surface area contributed by atoms with Crippen molar-refractivity contribution in [1.82, 2.24) is 0 Å². The number of rotatable bonds is 4.